The first-order valence-electron chi connectivity index (χ1n) is 4.63. The molecule has 0 atom stereocenters. The summed E-state index contributed by atoms with van der Waals surface area (Å²) >= 11 is 0. The zero-order valence-electron chi connectivity index (χ0n) is 8.87. The van der Waals surface area contributed by atoms with Crippen LogP contribution >= 0.6 is 9.24 Å². The van der Waals surface area contributed by atoms with Crippen LogP contribution in [-0.2, 0) is 0 Å². The Hall–Kier alpha value is -1.08. The average molecular weight is 225 g/mol. The highest BCUT2D eigenvalue weighted by molar-refractivity contribution is 7.16. The number of ether oxygens (including phenoxy) is 2. The fraction of sp³-hybridized carbons (Fsp3) is 0.364. The van der Waals surface area contributed by atoms with Crippen LogP contribution in [0.1, 0.15) is 16.8 Å². The number of Topliss-reactive ketones (excluding diaryl/α,β-unsaturated/α-hetero) is 1. The zero-order chi connectivity index (χ0) is 11.3. The first kappa shape index (κ1) is 12.0. The first-order valence-corrected chi connectivity index (χ1v) is 5.34. The zero-order valence-corrected chi connectivity index (χ0v) is 9.87. The summed E-state index contributed by atoms with van der Waals surface area (Å²) in [4.78, 5) is 11.8. The molecule has 0 fully saturated rings. The summed E-state index contributed by atoms with van der Waals surface area (Å²) in [6, 6.07) is 5.30. The lowest BCUT2D eigenvalue weighted by molar-refractivity contribution is 0.0983. The second-order valence-electron chi connectivity index (χ2n) is 2.96. The summed E-state index contributed by atoms with van der Waals surface area (Å²) in [5.41, 5.74) is 0.515. The van der Waals surface area contributed by atoms with E-state index in [1.54, 1.807) is 32.4 Å². The van der Waals surface area contributed by atoms with E-state index in [0.29, 0.717) is 29.6 Å². The van der Waals surface area contributed by atoms with E-state index in [1.165, 1.54) is 0 Å². The number of ketones is 1. The topological polar surface area (TPSA) is 35.5 Å². The number of methoxy groups -OCH3 is 2. The Labute approximate surface area is 92.0 Å². The van der Waals surface area contributed by atoms with Crippen molar-refractivity contribution in [3.8, 4) is 11.5 Å². The Morgan fingerprint density at radius 3 is 2.20 bits per heavy atom. The van der Waals surface area contributed by atoms with Crippen molar-refractivity contribution in [1.82, 2.24) is 0 Å². The lowest BCUT2D eigenvalue weighted by Crippen LogP contribution is -2.05. The minimum atomic E-state index is 0.0132. The second-order valence-corrected chi connectivity index (χ2v) is 3.46. The Balaban J connectivity index is 3.15. The van der Waals surface area contributed by atoms with Gasteiger partial charge in [-0.15, -0.1) is 0 Å². The van der Waals surface area contributed by atoms with Crippen molar-refractivity contribution in [2.24, 2.45) is 0 Å². The fourth-order valence-electron chi connectivity index (χ4n) is 1.36. The van der Waals surface area contributed by atoms with Gasteiger partial charge in [-0.1, -0.05) is 6.07 Å². The van der Waals surface area contributed by atoms with Crippen molar-refractivity contribution < 1.29 is 14.3 Å². The molecule has 82 valence electrons. The van der Waals surface area contributed by atoms with E-state index in [0.717, 1.165) is 0 Å². The van der Waals surface area contributed by atoms with E-state index in [4.69, 9.17) is 9.47 Å². The molecular weight excluding hydrogens is 211 g/mol. The second kappa shape index (κ2) is 5.72. The maximum absolute atomic E-state index is 11.8. The lowest BCUT2D eigenvalue weighted by Gasteiger charge is -2.12. The summed E-state index contributed by atoms with van der Waals surface area (Å²) in [7, 11) is 6.37. The number of benzene rings is 1. The molecule has 0 unspecified atom stereocenters. The number of hydrogen-bond acceptors (Lipinski definition) is 3. The summed E-state index contributed by atoms with van der Waals surface area (Å²) in [6.07, 6.45) is 1.05. The van der Waals surface area contributed by atoms with Crippen LogP contribution in [0.4, 0.5) is 0 Å². The molecule has 0 amide bonds. The van der Waals surface area contributed by atoms with Crippen LogP contribution in [0.5, 0.6) is 11.5 Å². The SMILES string of the molecule is COc1cccc(OC)c1C(=O)CC[PH-]. The predicted molar refractivity (Wildman–Crippen MR) is 61.7 cm³/mol. The number of hydrogen-bond donors (Lipinski definition) is 0. The molecule has 4 heteroatoms. The third-order valence-corrected chi connectivity index (χ3v) is 2.31. The van der Waals surface area contributed by atoms with Gasteiger partial charge < -0.3 is 18.7 Å². The molecule has 0 aromatic heterocycles. The van der Waals surface area contributed by atoms with E-state index in [9.17, 15) is 4.79 Å². The van der Waals surface area contributed by atoms with Crippen LogP contribution in [0.15, 0.2) is 18.2 Å². The molecule has 1 aromatic carbocycles. The Bertz CT molecular complexity index is 327. The largest absolute Gasteiger partial charge is 0.558 e. The van der Waals surface area contributed by atoms with Gasteiger partial charge in [-0.3, -0.25) is 4.79 Å². The average Bonchev–Trinajstić information content (AvgIpc) is 2.28. The van der Waals surface area contributed by atoms with Crippen LogP contribution in [0.25, 0.3) is 0 Å². The van der Waals surface area contributed by atoms with Crippen molar-refractivity contribution in [3.05, 3.63) is 23.8 Å². The predicted octanol–water partition coefficient (Wildman–Crippen LogP) is 2.42. The summed E-state index contributed by atoms with van der Waals surface area (Å²) in [6.45, 7) is 0. The van der Waals surface area contributed by atoms with Gasteiger partial charge in [0.05, 0.1) is 14.2 Å². The molecule has 15 heavy (non-hydrogen) atoms. The summed E-state index contributed by atoms with van der Waals surface area (Å²) in [5.74, 6) is 1.12. The molecule has 0 bridgehead atoms. The first-order chi connectivity index (χ1) is 7.24. The third-order valence-electron chi connectivity index (χ3n) is 2.06. The Morgan fingerprint density at radius 1 is 1.27 bits per heavy atom. The van der Waals surface area contributed by atoms with Gasteiger partial charge in [-0.25, -0.2) is 0 Å². The molecule has 0 aliphatic carbocycles. The van der Waals surface area contributed by atoms with Gasteiger partial charge in [0.2, 0.25) is 0 Å². The molecule has 0 saturated heterocycles. The minimum absolute atomic E-state index is 0.0132. The Kier molecular flexibility index (Phi) is 4.57. The van der Waals surface area contributed by atoms with Gasteiger partial charge in [0.15, 0.2) is 5.78 Å². The number of carbonyl (C=O) groups excluding carboxylic acids is 1. The van der Waals surface area contributed by atoms with Crippen molar-refractivity contribution in [2.75, 3.05) is 20.4 Å². The maximum atomic E-state index is 11.8. The van der Waals surface area contributed by atoms with E-state index in [1.807, 2.05) is 0 Å². The van der Waals surface area contributed by atoms with Crippen LogP contribution in [0.2, 0.25) is 0 Å². The molecule has 0 aliphatic heterocycles. The number of rotatable bonds is 5. The van der Waals surface area contributed by atoms with Crippen molar-refractivity contribution in [3.63, 3.8) is 0 Å². The molecule has 1 aromatic rings. The van der Waals surface area contributed by atoms with Crippen molar-refractivity contribution in [1.29, 1.82) is 0 Å². The molecule has 3 nitrogen and oxygen atoms in total. The summed E-state index contributed by atoms with van der Waals surface area (Å²) < 4.78 is 10.3. The van der Waals surface area contributed by atoms with Gasteiger partial charge >= 0.3 is 0 Å². The fourth-order valence-corrected chi connectivity index (χ4v) is 1.59. The van der Waals surface area contributed by atoms with Gasteiger partial charge in [0, 0.05) is 0 Å². The van der Waals surface area contributed by atoms with Crippen LogP contribution < -0.4 is 9.47 Å². The third kappa shape index (κ3) is 2.69. The minimum Gasteiger partial charge on any atom is -0.558 e. The van der Waals surface area contributed by atoms with Gasteiger partial charge in [-0.2, -0.15) is 6.16 Å². The normalized spacial score (nSPS) is 9.80. The van der Waals surface area contributed by atoms with E-state index in [2.05, 4.69) is 9.24 Å². The standard InChI is InChI=1S/C11H14O3P/c1-13-9-4-3-5-10(14-2)11(9)8(12)6-7-15/h3-5,15H,6-7H2,1-2H3/q-1. The maximum Gasteiger partial charge on any atom is 0.167 e. The van der Waals surface area contributed by atoms with Gasteiger partial charge in [0.1, 0.15) is 17.1 Å². The molecule has 0 heterocycles. The van der Waals surface area contributed by atoms with Crippen molar-refractivity contribution >= 4 is 15.0 Å². The molecule has 1 rings (SSSR count). The number of carbonyl (C=O) groups is 1. The van der Waals surface area contributed by atoms with Gasteiger partial charge in [-0.05, 0) is 18.6 Å². The lowest BCUT2D eigenvalue weighted by atomic mass is 10.1. The quantitative estimate of drug-likeness (QED) is 0.570. The molecule has 0 radical (unpaired) electrons. The van der Waals surface area contributed by atoms with E-state index < -0.39 is 0 Å². The molecule has 0 saturated carbocycles. The Morgan fingerprint density at radius 2 is 1.80 bits per heavy atom. The van der Waals surface area contributed by atoms with Gasteiger partial charge in [0.25, 0.3) is 0 Å². The highest BCUT2D eigenvalue weighted by Crippen LogP contribution is 2.29. The monoisotopic (exact) mass is 225 g/mol. The molecular formula is C11H14O3P-. The molecule has 0 N–H and O–H groups in total. The van der Waals surface area contributed by atoms with E-state index in [-0.39, 0.29) is 5.78 Å². The van der Waals surface area contributed by atoms with Crippen LogP contribution in [0.3, 0.4) is 0 Å². The smallest absolute Gasteiger partial charge is 0.167 e. The molecule has 0 aliphatic rings. The highest BCUT2D eigenvalue weighted by atomic mass is 31.0. The summed E-state index contributed by atoms with van der Waals surface area (Å²) in [5, 5.41) is 0. The van der Waals surface area contributed by atoms with E-state index >= 15 is 0 Å². The van der Waals surface area contributed by atoms with Crippen LogP contribution in [0, 0.1) is 0 Å². The van der Waals surface area contributed by atoms with Crippen molar-refractivity contribution in [2.45, 2.75) is 6.42 Å². The highest BCUT2D eigenvalue weighted by Gasteiger charge is 2.15. The van der Waals surface area contributed by atoms with Crippen LogP contribution in [-0.4, -0.2) is 26.2 Å². The molecule has 0 spiro atoms.